The molecular formula is C28H28Cl2N6O2S2. The predicted molar refractivity (Wildman–Crippen MR) is 159 cm³/mol. The number of amides is 2. The summed E-state index contributed by atoms with van der Waals surface area (Å²) in [4.78, 5) is 37.2. The van der Waals surface area contributed by atoms with Crippen LogP contribution < -0.4 is 0 Å². The van der Waals surface area contributed by atoms with Gasteiger partial charge in [0.25, 0.3) is 0 Å². The van der Waals surface area contributed by atoms with Crippen molar-refractivity contribution in [1.29, 1.82) is 0 Å². The van der Waals surface area contributed by atoms with Crippen LogP contribution >= 0.6 is 45.9 Å². The van der Waals surface area contributed by atoms with Crippen LogP contribution in [0.5, 0.6) is 0 Å². The summed E-state index contributed by atoms with van der Waals surface area (Å²) < 4.78 is 1.72. The van der Waals surface area contributed by atoms with E-state index in [1.54, 1.807) is 34.2 Å². The summed E-state index contributed by atoms with van der Waals surface area (Å²) >= 11 is 15.8. The maximum absolute atomic E-state index is 13.4. The molecule has 2 aliphatic heterocycles. The van der Waals surface area contributed by atoms with Crippen molar-refractivity contribution >= 4 is 57.7 Å². The largest absolute Gasteiger partial charge is 0.342 e. The Hall–Kier alpha value is -2.79. The van der Waals surface area contributed by atoms with Gasteiger partial charge in [-0.1, -0.05) is 34.5 Å². The number of thiazole rings is 1. The highest BCUT2D eigenvalue weighted by atomic mass is 35.5. The van der Waals surface area contributed by atoms with Gasteiger partial charge in [-0.15, -0.1) is 27.8 Å². The predicted octanol–water partition coefficient (Wildman–Crippen LogP) is 6.06. The van der Waals surface area contributed by atoms with Gasteiger partial charge in [-0.2, -0.15) is 0 Å². The Bertz CT molecular complexity index is 1530. The molecule has 1 atom stereocenters. The number of benzene rings is 1. The molecule has 0 aliphatic carbocycles. The first-order valence-corrected chi connectivity index (χ1v) is 15.7. The van der Waals surface area contributed by atoms with Crippen molar-refractivity contribution in [2.24, 2.45) is 0 Å². The minimum atomic E-state index is -0.325. The molecule has 1 aromatic carbocycles. The highest BCUT2D eigenvalue weighted by molar-refractivity contribution is 7.15. The van der Waals surface area contributed by atoms with Crippen LogP contribution in [0.3, 0.4) is 0 Å². The first-order valence-electron chi connectivity index (χ1n) is 13.2. The molecule has 12 heteroatoms. The summed E-state index contributed by atoms with van der Waals surface area (Å²) in [6.07, 6.45) is 4.36. The summed E-state index contributed by atoms with van der Waals surface area (Å²) in [5.41, 5.74) is 3.45. The molecule has 2 saturated heterocycles. The maximum Gasteiger partial charge on any atom is 0.247 e. The third kappa shape index (κ3) is 5.30. The molecule has 6 rings (SSSR count). The fourth-order valence-corrected chi connectivity index (χ4v) is 8.00. The number of carbonyl (C=O) groups is 2. The van der Waals surface area contributed by atoms with Crippen LogP contribution in [0.4, 0.5) is 0 Å². The molecule has 3 aromatic heterocycles. The van der Waals surface area contributed by atoms with Crippen molar-refractivity contribution in [2.75, 3.05) is 19.6 Å². The second kappa shape index (κ2) is 11.2. The standard InChI is InChI=1S/C28H28Cl2N6O2S2/c1-16-12-24(40-17(16)2)22-14-36(33-32-22)23-8-11-35(28(23)38)19-6-9-34(10-7-19)25(37)13-18-15-39-27(31-18)26-20(29)4-3-5-21(26)30/h3-5,12,14-15,19,23H,6-11,13H2,1-2H3. The fourth-order valence-electron chi connectivity index (χ4n) is 5.43. The van der Waals surface area contributed by atoms with E-state index < -0.39 is 0 Å². The lowest BCUT2D eigenvalue weighted by Gasteiger charge is -2.36. The molecule has 0 N–H and O–H groups in total. The van der Waals surface area contributed by atoms with Crippen molar-refractivity contribution in [1.82, 2.24) is 29.8 Å². The summed E-state index contributed by atoms with van der Waals surface area (Å²) in [5.74, 6) is 0.133. The topological polar surface area (TPSA) is 84.2 Å². The van der Waals surface area contributed by atoms with Crippen molar-refractivity contribution < 1.29 is 9.59 Å². The molecule has 2 fully saturated rings. The Labute approximate surface area is 250 Å². The Morgan fingerprint density at radius 2 is 1.85 bits per heavy atom. The average molecular weight is 616 g/mol. The van der Waals surface area contributed by atoms with Crippen molar-refractivity contribution in [2.45, 2.75) is 51.6 Å². The van der Waals surface area contributed by atoms with Crippen LogP contribution in [0, 0.1) is 13.8 Å². The second-order valence-corrected chi connectivity index (χ2v) is 13.2. The van der Waals surface area contributed by atoms with E-state index in [1.165, 1.54) is 21.8 Å². The molecule has 0 bridgehead atoms. The Morgan fingerprint density at radius 3 is 2.55 bits per heavy atom. The van der Waals surface area contributed by atoms with Gasteiger partial charge in [0.1, 0.15) is 16.7 Å². The molecular weight excluding hydrogens is 587 g/mol. The van der Waals surface area contributed by atoms with Crippen LogP contribution in [0.15, 0.2) is 35.8 Å². The zero-order chi connectivity index (χ0) is 28.0. The smallest absolute Gasteiger partial charge is 0.247 e. The Morgan fingerprint density at radius 1 is 1.10 bits per heavy atom. The fraction of sp³-hybridized carbons (Fsp3) is 0.393. The number of carbonyl (C=O) groups excluding carboxylic acids is 2. The van der Waals surface area contributed by atoms with Crippen molar-refractivity contribution in [3.05, 3.63) is 62.0 Å². The van der Waals surface area contributed by atoms with Gasteiger partial charge in [-0.05, 0) is 56.9 Å². The molecule has 0 radical (unpaired) electrons. The third-order valence-corrected chi connectivity index (χ3v) is 10.5. The molecule has 2 amide bonds. The Kier molecular flexibility index (Phi) is 7.69. The van der Waals surface area contributed by atoms with E-state index in [0.29, 0.717) is 52.4 Å². The van der Waals surface area contributed by atoms with Gasteiger partial charge in [0.15, 0.2) is 0 Å². The molecule has 0 spiro atoms. The summed E-state index contributed by atoms with van der Waals surface area (Å²) in [6, 6.07) is 7.27. The lowest BCUT2D eigenvalue weighted by molar-refractivity contribution is -0.135. The number of hydrogen-bond donors (Lipinski definition) is 0. The van der Waals surface area contributed by atoms with Crippen LogP contribution in [0.25, 0.3) is 21.1 Å². The van der Waals surface area contributed by atoms with E-state index in [9.17, 15) is 9.59 Å². The first-order chi connectivity index (χ1) is 19.3. The van der Waals surface area contributed by atoms with E-state index in [1.807, 2.05) is 21.4 Å². The third-order valence-electron chi connectivity index (χ3n) is 7.78. The molecule has 0 saturated carbocycles. The minimum absolute atomic E-state index is 0.0420. The van der Waals surface area contributed by atoms with Gasteiger partial charge < -0.3 is 9.80 Å². The first kappa shape index (κ1) is 27.4. The lowest BCUT2D eigenvalue weighted by Crippen LogP contribution is -2.48. The maximum atomic E-state index is 13.4. The number of hydrogen-bond acceptors (Lipinski definition) is 7. The number of piperidine rings is 1. The SMILES string of the molecule is Cc1cc(-c2cn(C3CCN(C4CCN(C(=O)Cc5csc(-c6c(Cl)cccc6Cl)n5)CC4)C3=O)nn2)sc1C. The summed E-state index contributed by atoms with van der Waals surface area (Å²) in [6.45, 7) is 6.12. The average Bonchev–Trinajstić information content (AvgIpc) is 3.73. The summed E-state index contributed by atoms with van der Waals surface area (Å²) in [5, 5.41) is 12.3. The number of nitrogens with zero attached hydrogens (tertiary/aromatic N) is 6. The number of aromatic nitrogens is 4. The van der Waals surface area contributed by atoms with E-state index in [2.05, 4.69) is 35.2 Å². The number of aryl methyl sites for hydroxylation is 2. The molecule has 4 aromatic rings. The van der Waals surface area contributed by atoms with Crippen LogP contribution in [0.2, 0.25) is 10.0 Å². The monoisotopic (exact) mass is 614 g/mol. The molecule has 40 heavy (non-hydrogen) atoms. The van der Waals surface area contributed by atoms with Gasteiger partial charge in [0.05, 0.1) is 33.2 Å². The highest BCUT2D eigenvalue weighted by Gasteiger charge is 2.39. The van der Waals surface area contributed by atoms with E-state index in [-0.39, 0.29) is 30.3 Å². The molecule has 208 valence electrons. The normalized spacial score (nSPS) is 18.2. The van der Waals surface area contributed by atoms with Crippen molar-refractivity contribution in [3.8, 4) is 21.1 Å². The minimum Gasteiger partial charge on any atom is -0.342 e. The lowest BCUT2D eigenvalue weighted by atomic mass is 10.0. The highest BCUT2D eigenvalue weighted by Crippen LogP contribution is 2.37. The zero-order valence-electron chi connectivity index (χ0n) is 22.1. The number of likely N-dealkylation sites (tertiary alicyclic amines) is 2. The summed E-state index contributed by atoms with van der Waals surface area (Å²) in [7, 11) is 0. The van der Waals surface area contributed by atoms with E-state index in [0.717, 1.165) is 23.4 Å². The van der Waals surface area contributed by atoms with Crippen molar-refractivity contribution in [3.63, 3.8) is 0 Å². The molecule has 1 unspecified atom stereocenters. The van der Waals surface area contributed by atoms with Crippen LogP contribution in [-0.4, -0.2) is 67.3 Å². The number of rotatable bonds is 6. The Balaban J connectivity index is 1.04. The molecule has 5 heterocycles. The van der Waals surface area contributed by atoms with Crippen LogP contribution in [0.1, 0.15) is 41.4 Å². The van der Waals surface area contributed by atoms with E-state index in [4.69, 9.17) is 23.2 Å². The molecule has 2 aliphatic rings. The van der Waals surface area contributed by atoms with Gasteiger partial charge in [0, 0.05) is 41.5 Å². The van der Waals surface area contributed by atoms with Crippen LogP contribution in [-0.2, 0) is 16.0 Å². The van der Waals surface area contributed by atoms with Gasteiger partial charge >= 0.3 is 0 Å². The van der Waals surface area contributed by atoms with Gasteiger partial charge in [0.2, 0.25) is 11.8 Å². The second-order valence-electron chi connectivity index (χ2n) is 10.3. The zero-order valence-corrected chi connectivity index (χ0v) is 25.3. The quantitative estimate of drug-likeness (QED) is 0.263. The number of thiophene rings is 1. The number of halogens is 2. The molecule has 8 nitrogen and oxygen atoms in total. The van der Waals surface area contributed by atoms with Gasteiger partial charge in [-0.25, -0.2) is 9.67 Å². The van der Waals surface area contributed by atoms with Gasteiger partial charge in [-0.3, -0.25) is 9.59 Å². The van der Waals surface area contributed by atoms with E-state index >= 15 is 0 Å².